The van der Waals surface area contributed by atoms with E-state index in [9.17, 15) is 14.9 Å². The van der Waals surface area contributed by atoms with E-state index in [4.69, 9.17) is 4.74 Å². The summed E-state index contributed by atoms with van der Waals surface area (Å²) in [6, 6.07) is 4.36. The number of hydrogen-bond acceptors (Lipinski definition) is 5. The second-order valence-electron chi connectivity index (χ2n) is 3.75. The minimum Gasteiger partial charge on any atom is -0.484 e. The average Bonchev–Trinajstić information content (AvgIpc) is 2.48. The third kappa shape index (κ3) is 2.20. The van der Waals surface area contributed by atoms with Gasteiger partial charge in [-0.25, -0.2) is 0 Å². The van der Waals surface area contributed by atoms with E-state index < -0.39 is 4.92 Å². The second kappa shape index (κ2) is 4.40. The normalized spacial score (nSPS) is 14.9. The summed E-state index contributed by atoms with van der Waals surface area (Å²) < 4.78 is 5.31. The van der Waals surface area contributed by atoms with Crippen LogP contribution in [0.2, 0.25) is 0 Å². The van der Waals surface area contributed by atoms with Gasteiger partial charge in [-0.15, -0.1) is 0 Å². The van der Waals surface area contributed by atoms with Crippen LogP contribution in [0.5, 0.6) is 5.75 Å². The van der Waals surface area contributed by atoms with Crippen molar-refractivity contribution in [3.05, 3.63) is 28.3 Å². The molecule has 0 atom stereocenters. The fraction of sp³-hybridized carbons (Fsp3) is 0.364. The quantitative estimate of drug-likeness (QED) is 0.573. The van der Waals surface area contributed by atoms with Gasteiger partial charge in [0.05, 0.1) is 17.2 Å². The third-order valence-corrected chi connectivity index (χ3v) is 2.63. The van der Waals surface area contributed by atoms with E-state index in [1.165, 1.54) is 18.2 Å². The lowest BCUT2D eigenvalue weighted by Crippen LogP contribution is -2.29. The van der Waals surface area contributed by atoms with Crippen LogP contribution in [0.3, 0.4) is 0 Å². The lowest BCUT2D eigenvalue weighted by atomic mass is 10.2. The minimum absolute atomic E-state index is 0.000138. The Bertz CT molecular complexity index is 473. The number of hydrogen-bond donors (Lipinski definition) is 0. The lowest BCUT2D eigenvalue weighted by molar-refractivity contribution is -0.384. The van der Waals surface area contributed by atoms with Crippen LogP contribution in [0.4, 0.5) is 11.4 Å². The number of non-ortho nitro benzene ring substituents is 1. The maximum Gasteiger partial charge on any atom is 0.271 e. The second-order valence-corrected chi connectivity index (χ2v) is 3.75. The molecule has 0 unspecified atom stereocenters. The van der Waals surface area contributed by atoms with Crippen LogP contribution in [-0.4, -0.2) is 30.4 Å². The highest BCUT2D eigenvalue weighted by atomic mass is 16.6. The van der Waals surface area contributed by atoms with E-state index in [1.807, 2.05) is 6.92 Å². The summed E-state index contributed by atoms with van der Waals surface area (Å²) in [5.74, 6) is 0.481. The fourth-order valence-electron chi connectivity index (χ4n) is 1.77. The number of ether oxygens (including phenoxy) is 1. The van der Waals surface area contributed by atoms with E-state index in [0.717, 1.165) is 0 Å². The van der Waals surface area contributed by atoms with Crippen molar-refractivity contribution in [2.24, 2.45) is 0 Å². The predicted molar refractivity (Wildman–Crippen MR) is 61.5 cm³/mol. The molecule has 0 fully saturated rings. The number of nitro groups is 1. The SMILES string of the molecule is CCN1CC(=O)COc2ccc([N+](=O)[O-])cc21. The molecule has 1 heterocycles. The summed E-state index contributed by atoms with van der Waals surface area (Å²) in [5, 5.41) is 10.7. The van der Waals surface area contributed by atoms with Crippen LogP contribution in [0.15, 0.2) is 18.2 Å². The number of rotatable bonds is 2. The maximum absolute atomic E-state index is 11.4. The van der Waals surface area contributed by atoms with Gasteiger partial charge < -0.3 is 9.64 Å². The molecule has 0 aliphatic carbocycles. The summed E-state index contributed by atoms with van der Waals surface area (Å²) >= 11 is 0. The van der Waals surface area contributed by atoms with Gasteiger partial charge in [-0.2, -0.15) is 0 Å². The topological polar surface area (TPSA) is 72.7 Å². The van der Waals surface area contributed by atoms with E-state index in [0.29, 0.717) is 18.0 Å². The monoisotopic (exact) mass is 236 g/mol. The molecule has 0 radical (unpaired) electrons. The van der Waals surface area contributed by atoms with Crippen molar-refractivity contribution in [2.75, 3.05) is 24.6 Å². The standard InChI is InChI=1S/C11H12N2O4/c1-2-12-6-9(14)7-17-11-4-3-8(13(15)16)5-10(11)12/h3-5H,2,6-7H2,1H3. The van der Waals surface area contributed by atoms with Crippen molar-refractivity contribution >= 4 is 17.2 Å². The lowest BCUT2D eigenvalue weighted by Gasteiger charge is -2.20. The van der Waals surface area contributed by atoms with Gasteiger partial charge in [0.25, 0.3) is 5.69 Å². The van der Waals surface area contributed by atoms with Gasteiger partial charge in [-0.05, 0) is 13.0 Å². The van der Waals surface area contributed by atoms with Gasteiger partial charge in [-0.1, -0.05) is 0 Å². The first-order valence-corrected chi connectivity index (χ1v) is 5.29. The van der Waals surface area contributed by atoms with Gasteiger partial charge in [-0.3, -0.25) is 14.9 Å². The molecule has 0 N–H and O–H groups in total. The number of nitro benzene ring substituents is 1. The first-order valence-electron chi connectivity index (χ1n) is 5.29. The molecular weight excluding hydrogens is 224 g/mol. The van der Waals surface area contributed by atoms with Gasteiger partial charge >= 0.3 is 0 Å². The zero-order valence-electron chi connectivity index (χ0n) is 9.38. The van der Waals surface area contributed by atoms with Gasteiger partial charge in [0.1, 0.15) is 12.4 Å². The molecule has 0 bridgehead atoms. The van der Waals surface area contributed by atoms with E-state index in [2.05, 4.69) is 0 Å². The molecule has 0 saturated carbocycles. The van der Waals surface area contributed by atoms with Crippen LogP contribution in [0, 0.1) is 10.1 Å². The molecule has 90 valence electrons. The zero-order chi connectivity index (χ0) is 12.4. The van der Waals surface area contributed by atoms with Crippen LogP contribution in [0.25, 0.3) is 0 Å². The number of carbonyl (C=O) groups excluding carboxylic acids is 1. The van der Waals surface area contributed by atoms with Crippen LogP contribution >= 0.6 is 0 Å². The van der Waals surface area contributed by atoms with Crippen molar-refractivity contribution in [2.45, 2.75) is 6.92 Å². The summed E-state index contributed by atoms with van der Waals surface area (Å²) in [6.07, 6.45) is 0. The Labute approximate surface area is 97.9 Å². The number of benzene rings is 1. The Morgan fingerprint density at radius 2 is 2.29 bits per heavy atom. The first kappa shape index (κ1) is 11.4. The Kier molecular flexibility index (Phi) is 2.95. The Hall–Kier alpha value is -2.11. The highest BCUT2D eigenvalue weighted by molar-refractivity contribution is 5.87. The zero-order valence-corrected chi connectivity index (χ0v) is 9.38. The predicted octanol–water partition coefficient (Wildman–Crippen LogP) is 1.38. The van der Waals surface area contributed by atoms with Crippen LogP contribution in [-0.2, 0) is 4.79 Å². The number of fused-ring (bicyclic) bond motifs is 1. The number of nitrogens with zero attached hydrogens (tertiary/aromatic N) is 2. The third-order valence-electron chi connectivity index (χ3n) is 2.63. The number of likely N-dealkylation sites (N-methyl/N-ethyl adjacent to an activating group) is 1. The molecule has 0 aromatic heterocycles. The van der Waals surface area contributed by atoms with Crippen molar-refractivity contribution in [3.8, 4) is 5.75 Å². The fourth-order valence-corrected chi connectivity index (χ4v) is 1.77. The molecule has 17 heavy (non-hydrogen) atoms. The molecule has 1 aromatic rings. The van der Waals surface area contributed by atoms with Crippen LogP contribution < -0.4 is 9.64 Å². The highest BCUT2D eigenvalue weighted by Gasteiger charge is 2.22. The Morgan fingerprint density at radius 1 is 1.53 bits per heavy atom. The Morgan fingerprint density at radius 3 is 2.94 bits per heavy atom. The molecule has 2 rings (SSSR count). The number of carbonyl (C=O) groups is 1. The number of Topliss-reactive ketones (excluding diaryl/α,β-unsaturated/α-hetero) is 1. The van der Waals surface area contributed by atoms with E-state index in [-0.39, 0.29) is 24.6 Å². The number of ketones is 1. The van der Waals surface area contributed by atoms with Gasteiger partial charge in [0.15, 0.2) is 5.78 Å². The molecule has 0 spiro atoms. The van der Waals surface area contributed by atoms with Gasteiger partial charge in [0.2, 0.25) is 0 Å². The molecule has 0 saturated heterocycles. The van der Waals surface area contributed by atoms with E-state index in [1.54, 1.807) is 4.90 Å². The smallest absolute Gasteiger partial charge is 0.271 e. The molecule has 6 nitrogen and oxygen atoms in total. The van der Waals surface area contributed by atoms with Crippen molar-refractivity contribution in [1.29, 1.82) is 0 Å². The molecule has 1 aromatic carbocycles. The molecule has 6 heteroatoms. The minimum atomic E-state index is -0.458. The first-order chi connectivity index (χ1) is 8.11. The van der Waals surface area contributed by atoms with Crippen molar-refractivity contribution in [1.82, 2.24) is 0 Å². The summed E-state index contributed by atoms with van der Waals surface area (Å²) in [5.41, 5.74) is 0.604. The van der Waals surface area contributed by atoms with Crippen molar-refractivity contribution < 1.29 is 14.5 Å². The largest absolute Gasteiger partial charge is 0.484 e. The highest BCUT2D eigenvalue weighted by Crippen LogP contribution is 2.33. The summed E-state index contributed by atoms with van der Waals surface area (Å²) in [6.45, 7) is 2.73. The molecule has 1 aliphatic rings. The van der Waals surface area contributed by atoms with Crippen molar-refractivity contribution in [3.63, 3.8) is 0 Å². The maximum atomic E-state index is 11.4. The summed E-state index contributed by atoms with van der Waals surface area (Å²) in [4.78, 5) is 23.5. The Balaban J connectivity index is 2.46. The molecular formula is C11H12N2O4. The average molecular weight is 236 g/mol. The van der Waals surface area contributed by atoms with Crippen LogP contribution in [0.1, 0.15) is 6.92 Å². The molecule has 0 amide bonds. The number of anilines is 1. The summed E-state index contributed by atoms with van der Waals surface area (Å²) in [7, 11) is 0. The molecule has 1 aliphatic heterocycles. The van der Waals surface area contributed by atoms with E-state index >= 15 is 0 Å². The van der Waals surface area contributed by atoms with Gasteiger partial charge in [0, 0.05) is 18.7 Å².